The molecule has 0 spiro atoms. The molecule has 2 aromatic rings. The van der Waals surface area contributed by atoms with Crippen LogP contribution in [0.4, 0.5) is 5.69 Å². The first-order valence-electron chi connectivity index (χ1n) is 9.37. The summed E-state index contributed by atoms with van der Waals surface area (Å²) >= 11 is 0. The number of hydrogen-bond acceptors (Lipinski definition) is 7. The molecule has 0 saturated heterocycles. The Morgan fingerprint density at radius 3 is 2.52 bits per heavy atom. The number of aryl methyl sites for hydroxylation is 1. The molecule has 1 aromatic heterocycles. The van der Waals surface area contributed by atoms with Gasteiger partial charge in [0, 0.05) is 17.9 Å². The van der Waals surface area contributed by atoms with Crippen LogP contribution in [0.25, 0.3) is 0 Å². The summed E-state index contributed by atoms with van der Waals surface area (Å²) in [6.07, 6.45) is -1.07. The summed E-state index contributed by atoms with van der Waals surface area (Å²) in [6, 6.07) is 6.68. The van der Waals surface area contributed by atoms with Crippen molar-refractivity contribution < 1.29 is 29.0 Å². The molecule has 0 fully saturated rings. The molecule has 0 saturated carbocycles. The van der Waals surface area contributed by atoms with Crippen LogP contribution in [0.15, 0.2) is 24.3 Å². The molecule has 1 atom stereocenters. The van der Waals surface area contributed by atoms with Crippen LogP contribution in [0.3, 0.4) is 0 Å². The van der Waals surface area contributed by atoms with Gasteiger partial charge in [0.1, 0.15) is 0 Å². The Kier molecular flexibility index (Phi) is 7.55. The van der Waals surface area contributed by atoms with Crippen LogP contribution in [-0.4, -0.2) is 53.7 Å². The van der Waals surface area contributed by atoms with E-state index in [1.807, 2.05) is 0 Å². The number of carbonyl (C=O) groups is 3. The molecular formula is C21H26N2O6. The normalized spacial score (nSPS) is 11.6. The zero-order valence-electron chi connectivity index (χ0n) is 17.0. The van der Waals surface area contributed by atoms with E-state index >= 15 is 0 Å². The van der Waals surface area contributed by atoms with Crippen molar-refractivity contribution in [1.29, 1.82) is 0 Å². The predicted molar refractivity (Wildman–Crippen MR) is 107 cm³/mol. The van der Waals surface area contributed by atoms with E-state index in [2.05, 4.69) is 10.3 Å². The third-order valence-electron chi connectivity index (χ3n) is 4.39. The Morgan fingerprint density at radius 1 is 1.17 bits per heavy atom. The number of aliphatic hydroxyl groups excluding tert-OH is 1. The van der Waals surface area contributed by atoms with Crippen LogP contribution < -0.4 is 5.32 Å². The van der Waals surface area contributed by atoms with Gasteiger partial charge in [0.05, 0.1) is 30.0 Å². The van der Waals surface area contributed by atoms with Crippen LogP contribution in [0.5, 0.6) is 0 Å². The summed E-state index contributed by atoms with van der Waals surface area (Å²) < 4.78 is 10.4. The lowest BCUT2D eigenvalue weighted by atomic mass is 10.1. The average molecular weight is 402 g/mol. The topological polar surface area (TPSA) is 118 Å². The number of esters is 2. The van der Waals surface area contributed by atoms with E-state index in [-0.39, 0.29) is 31.0 Å². The number of benzene rings is 1. The minimum absolute atomic E-state index is 0.0908. The van der Waals surface area contributed by atoms with E-state index in [4.69, 9.17) is 14.6 Å². The van der Waals surface area contributed by atoms with Crippen LogP contribution in [0.2, 0.25) is 0 Å². The largest absolute Gasteiger partial charge is 0.462 e. The monoisotopic (exact) mass is 402 g/mol. The van der Waals surface area contributed by atoms with Gasteiger partial charge in [0.15, 0.2) is 6.10 Å². The van der Waals surface area contributed by atoms with Crippen LogP contribution in [0, 0.1) is 13.8 Å². The number of aromatic amines is 1. The lowest BCUT2D eigenvalue weighted by Gasteiger charge is -2.15. The Morgan fingerprint density at radius 2 is 1.86 bits per heavy atom. The highest BCUT2D eigenvalue weighted by atomic mass is 16.5. The molecule has 0 aliphatic carbocycles. The number of anilines is 1. The molecular weight excluding hydrogens is 376 g/mol. The summed E-state index contributed by atoms with van der Waals surface area (Å²) in [4.78, 5) is 40.4. The Hall–Kier alpha value is -3.13. The maximum Gasteiger partial charge on any atom is 0.340 e. The van der Waals surface area contributed by atoms with Crippen molar-refractivity contribution in [3.8, 4) is 0 Å². The molecule has 0 aliphatic rings. The molecule has 0 aliphatic heterocycles. The fraction of sp³-hybridized carbons (Fsp3) is 0.381. The molecule has 1 aromatic carbocycles. The lowest BCUT2D eigenvalue weighted by Crippen LogP contribution is -2.26. The van der Waals surface area contributed by atoms with Gasteiger partial charge in [-0.25, -0.2) is 9.59 Å². The van der Waals surface area contributed by atoms with Gasteiger partial charge >= 0.3 is 11.9 Å². The zero-order chi connectivity index (χ0) is 21.6. The highest BCUT2D eigenvalue weighted by Crippen LogP contribution is 2.22. The first kappa shape index (κ1) is 22.2. The van der Waals surface area contributed by atoms with Crippen molar-refractivity contribution >= 4 is 23.4 Å². The van der Waals surface area contributed by atoms with Crippen molar-refractivity contribution in [2.24, 2.45) is 0 Å². The van der Waals surface area contributed by atoms with Gasteiger partial charge in [-0.3, -0.25) is 4.79 Å². The van der Waals surface area contributed by atoms with Crippen molar-refractivity contribution in [2.45, 2.75) is 33.8 Å². The van der Waals surface area contributed by atoms with Gasteiger partial charge < -0.3 is 24.9 Å². The summed E-state index contributed by atoms with van der Waals surface area (Å²) in [7, 11) is 0. The highest BCUT2D eigenvalue weighted by molar-refractivity contribution is 6.05. The molecule has 8 nitrogen and oxygen atoms in total. The van der Waals surface area contributed by atoms with Crippen molar-refractivity contribution in [3.05, 3.63) is 52.3 Å². The van der Waals surface area contributed by atoms with Gasteiger partial charge in [0.2, 0.25) is 5.78 Å². The summed E-state index contributed by atoms with van der Waals surface area (Å²) in [5.41, 5.74) is 2.25. The minimum Gasteiger partial charge on any atom is -0.462 e. The molecule has 0 bridgehead atoms. The van der Waals surface area contributed by atoms with Crippen LogP contribution in [0.1, 0.15) is 56.3 Å². The van der Waals surface area contributed by atoms with E-state index in [1.165, 1.54) is 6.92 Å². The predicted octanol–water partition coefficient (Wildman–Crippen LogP) is 2.64. The van der Waals surface area contributed by atoms with E-state index in [9.17, 15) is 14.4 Å². The van der Waals surface area contributed by atoms with E-state index in [1.54, 1.807) is 45.0 Å². The molecule has 1 heterocycles. The third kappa shape index (κ3) is 5.03. The summed E-state index contributed by atoms with van der Waals surface area (Å²) in [6.45, 7) is 6.91. The number of ether oxygens (including phenoxy) is 2. The van der Waals surface area contributed by atoms with Crippen LogP contribution in [-0.2, 0) is 9.47 Å². The first-order chi connectivity index (χ1) is 13.8. The number of nitrogens with one attached hydrogen (secondary N) is 2. The molecule has 8 heteroatoms. The van der Waals surface area contributed by atoms with Crippen molar-refractivity contribution in [3.63, 3.8) is 0 Å². The second kappa shape index (κ2) is 9.88. The fourth-order valence-electron chi connectivity index (χ4n) is 2.99. The number of para-hydroxylation sites is 1. The smallest absolute Gasteiger partial charge is 0.340 e. The Bertz CT molecular complexity index is 903. The molecule has 156 valence electrons. The maximum absolute atomic E-state index is 12.8. The number of Topliss-reactive ketones (excluding diaryl/α,β-unsaturated/α-hetero) is 1. The summed E-state index contributed by atoms with van der Waals surface area (Å²) in [5, 5.41) is 11.9. The molecule has 2 rings (SSSR count). The number of aromatic nitrogens is 1. The SMILES string of the molecule is CCOC(=O)c1c(C)[nH]c(C(=O)[C@@H](C)OC(=O)c2ccccc2NCCO)c1C. The number of aliphatic hydroxyl groups is 1. The third-order valence-corrected chi connectivity index (χ3v) is 4.39. The standard InChI is InChI=1S/C21H26N2O6/c1-5-28-21(27)17-12(2)18(23-13(17)3)19(25)14(4)29-20(26)15-8-6-7-9-16(15)22-10-11-24/h6-9,14,22-24H,5,10-11H2,1-4H3/t14-/m1/s1. The number of H-pyrrole nitrogens is 1. The Balaban J connectivity index is 2.19. The maximum atomic E-state index is 12.8. The van der Waals surface area contributed by atoms with Gasteiger partial charge in [-0.2, -0.15) is 0 Å². The van der Waals surface area contributed by atoms with Crippen molar-refractivity contribution in [1.82, 2.24) is 4.98 Å². The number of ketones is 1. The summed E-state index contributed by atoms with van der Waals surface area (Å²) in [5.74, 6) is -1.62. The van der Waals surface area contributed by atoms with E-state index in [0.29, 0.717) is 22.5 Å². The lowest BCUT2D eigenvalue weighted by molar-refractivity contribution is 0.0317. The fourth-order valence-corrected chi connectivity index (χ4v) is 2.99. The van der Waals surface area contributed by atoms with Gasteiger partial charge in [-0.1, -0.05) is 12.1 Å². The molecule has 29 heavy (non-hydrogen) atoms. The van der Waals surface area contributed by atoms with E-state index in [0.717, 1.165) is 0 Å². The minimum atomic E-state index is -1.07. The van der Waals surface area contributed by atoms with Crippen molar-refractivity contribution in [2.75, 3.05) is 25.1 Å². The van der Waals surface area contributed by atoms with Gasteiger partial charge in [-0.05, 0) is 45.4 Å². The quantitative estimate of drug-likeness (QED) is 0.436. The van der Waals surface area contributed by atoms with Gasteiger partial charge in [0.25, 0.3) is 0 Å². The molecule has 0 radical (unpaired) electrons. The first-order valence-corrected chi connectivity index (χ1v) is 9.37. The molecule has 3 N–H and O–H groups in total. The zero-order valence-corrected chi connectivity index (χ0v) is 17.0. The number of hydrogen-bond donors (Lipinski definition) is 3. The molecule has 0 amide bonds. The molecule has 0 unspecified atom stereocenters. The number of carbonyl (C=O) groups excluding carboxylic acids is 3. The highest BCUT2D eigenvalue weighted by Gasteiger charge is 2.28. The van der Waals surface area contributed by atoms with Gasteiger partial charge in [-0.15, -0.1) is 0 Å². The number of rotatable bonds is 9. The second-order valence-electron chi connectivity index (χ2n) is 6.45. The second-order valence-corrected chi connectivity index (χ2v) is 6.45. The Labute approximate surface area is 169 Å². The van der Waals surface area contributed by atoms with Crippen LogP contribution >= 0.6 is 0 Å². The average Bonchev–Trinajstić information content (AvgIpc) is 3.00. The van der Waals surface area contributed by atoms with E-state index < -0.39 is 23.8 Å².